The number of carbonyl (C=O) groups is 2. The fraction of sp³-hybridized carbons (Fsp3) is 0.500. The number of piperidine rings is 1. The summed E-state index contributed by atoms with van der Waals surface area (Å²) in [6.07, 6.45) is 0.545. The topological polar surface area (TPSA) is 78.9 Å². The summed E-state index contributed by atoms with van der Waals surface area (Å²) in [6, 6.07) is 6.97. The number of aliphatic hydroxyl groups is 1. The highest BCUT2D eigenvalue weighted by Gasteiger charge is 2.65. The van der Waals surface area contributed by atoms with Gasteiger partial charge < -0.3 is 15.2 Å². The quantitative estimate of drug-likeness (QED) is 0.756. The number of carbonyl (C=O) groups excluding carboxylic acids is 2. The third-order valence-electron chi connectivity index (χ3n) is 5.42. The molecule has 3 aliphatic rings. The van der Waals surface area contributed by atoms with Gasteiger partial charge in [0.05, 0.1) is 30.7 Å². The number of nitrogens with one attached hydrogen (secondary N) is 1. The van der Waals surface area contributed by atoms with E-state index >= 15 is 0 Å². The number of benzene rings is 1. The number of fused-ring (bicyclic) bond motifs is 5. The van der Waals surface area contributed by atoms with Crippen molar-refractivity contribution >= 4 is 17.7 Å². The van der Waals surface area contributed by atoms with Gasteiger partial charge in [0.15, 0.2) is 0 Å². The van der Waals surface area contributed by atoms with Crippen LogP contribution < -0.4 is 5.32 Å². The van der Waals surface area contributed by atoms with Gasteiger partial charge in [0.2, 0.25) is 5.91 Å². The summed E-state index contributed by atoms with van der Waals surface area (Å²) >= 11 is 0. The molecule has 1 aromatic carbocycles. The number of anilines is 1. The van der Waals surface area contributed by atoms with Gasteiger partial charge in [-0.1, -0.05) is 18.2 Å². The van der Waals surface area contributed by atoms with E-state index in [2.05, 4.69) is 5.32 Å². The Hall–Kier alpha value is -2.08. The second-order valence-corrected chi connectivity index (χ2v) is 6.28. The highest BCUT2D eigenvalue weighted by atomic mass is 16.5. The molecule has 0 aliphatic carbocycles. The lowest BCUT2D eigenvalue weighted by molar-refractivity contribution is -0.121. The predicted octanol–water partition coefficient (Wildman–Crippen LogP) is 1.24. The molecule has 3 heterocycles. The van der Waals surface area contributed by atoms with Gasteiger partial charge in [-0.2, -0.15) is 0 Å². The van der Waals surface area contributed by atoms with Crippen LogP contribution in [0.2, 0.25) is 0 Å². The Bertz CT molecular complexity index is 661. The molecule has 2 bridgehead atoms. The number of hydrogen-bond donors (Lipinski definition) is 2. The molecule has 0 unspecified atom stereocenters. The fourth-order valence-corrected chi connectivity index (χ4v) is 4.50. The number of methoxy groups -OCH3 is 1. The SMILES string of the molecule is COC(=O)N1[C@@H]2C[C@]3(C(=O)Nc4ccccc43)[C@H]1CC[C@@H]2O. The highest BCUT2D eigenvalue weighted by Crippen LogP contribution is 2.54. The first-order valence-corrected chi connectivity index (χ1v) is 7.55. The van der Waals surface area contributed by atoms with Gasteiger partial charge >= 0.3 is 6.09 Å². The lowest BCUT2D eigenvalue weighted by atomic mass is 9.74. The summed E-state index contributed by atoms with van der Waals surface area (Å²) in [7, 11) is 1.33. The molecule has 6 nitrogen and oxygen atoms in total. The number of ether oxygens (including phenoxy) is 1. The van der Waals surface area contributed by atoms with Crippen LogP contribution in [0.4, 0.5) is 10.5 Å². The highest BCUT2D eigenvalue weighted by molar-refractivity contribution is 6.07. The van der Waals surface area contributed by atoms with Crippen molar-refractivity contribution in [1.29, 1.82) is 0 Å². The maximum atomic E-state index is 12.8. The molecule has 2 N–H and O–H groups in total. The smallest absolute Gasteiger partial charge is 0.410 e. The maximum Gasteiger partial charge on any atom is 0.410 e. The van der Waals surface area contributed by atoms with Crippen molar-refractivity contribution in [3.8, 4) is 0 Å². The maximum absolute atomic E-state index is 12.8. The first kappa shape index (κ1) is 13.6. The van der Waals surface area contributed by atoms with Gasteiger partial charge in [0, 0.05) is 5.69 Å². The van der Waals surface area contributed by atoms with E-state index in [0.717, 1.165) is 11.3 Å². The van der Waals surface area contributed by atoms with E-state index in [9.17, 15) is 14.7 Å². The van der Waals surface area contributed by atoms with Crippen LogP contribution in [0.3, 0.4) is 0 Å². The molecule has 4 rings (SSSR count). The minimum Gasteiger partial charge on any atom is -0.453 e. The molecule has 3 aliphatic heterocycles. The average Bonchev–Trinajstić information content (AvgIpc) is 2.96. The molecule has 0 saturated carbocycles. The lowest BCUT2D eigenvalue weighted by Gasteiger charge is -2.38. The second kappa shape index (κ2) is 4.46. The van der Waals surface area contributed by atoms with Gasteiger partial charge in [-0.25, -0.2) is 4.79 Å². The molecule has 0 radical (unpaired) electrons. The van der Waals surface area contributed by atoms with Gasteiger partial charge in [-0.15, -0.1) is 0 Å². The van der Waals surface area contributed by atoms with E-state index in [4.69, 9.17) is 4.74 Å². The molecule has 1 aromatic rings. The first-order valence-electron chi connectivity index (χ1n) is 7.55. The van der Waals surface area contributed by atoms with Gasteiger partial charge in [0.25, 0.3) is 0 Å². The van der Waals surface area contributed by atoms with Crippen molar-refractivity contribution in [3.05, 3.63) is 29.8 Å². The Labute approximate surface area is 128 Å². The second-order valence-electron chi connectivity index (χ2n) is 6.28. The number of aliphatic hydroxyl groups excluding tert-OH is 1. The molecule has 0 aromatic heterocycles. The van der Waals surface area contributed by atoms with E-state index in [1.807, 2.05) is 24.3 Å². The normalized spacial score (nSPS) is 35.5. The number of amides is 2. The van der Waals surface area contributed by atoms with Crippen LogP contribution in [0.5, 0.6) is 0 Å². The molecule has 6 heteroatoms. The summed E-state index contributed by atoms with van der Waals surface area (Å²) in [5, 5.41) is 13.2. The predicted molar refractivity (Wildman–Crippen MR) is 78.4 cm³/mol. The molecule has 4 atom stereocenters. The van der Waals surface area contributed by atoms with E-state index in [-0.39, 0.29) is 18.0 Å². The van der Waals surface area contributed by atoms with Crippen LogP contribution >= 0.6 is 0 Å². The van der Waals surface area contributed by atoms with Crippen LogP contribution in [0, 0.1) is 0 Å². The third-order valence-corrected chi connectivity index (χ3v) is 5.42. The molecule has 22 heavy (non-hydrogen) atoms. The van der Waals surface area contributed by atoms with Gasteiger partial charge in [-0.05, 0) is 30.9 Å². The summed E-state index contributed by atoms with van der Waals surface area (Å²) in [6.45, 7) is 0. The van der Waals surface area contributed by atoms with Crippen molar-refractivity contribution in [2.24, 2.45) is 0 Å². The molecule has 1 spiro atoms. The Kier molecular flexibility index (Phi) is 2.75. The molecule has 2 amide bonds. The molecular weight excluding hydrogens is 284 g/mol. The summed E-state index contributed by atoms with van der Waals surface area (Å²) < 4.78 is 4.89. The number of hydrogen-bond acceptors (Lipinski definition) is 4. The Morgan fingerprint density at radius 1 is 1.41 bits per heavy atom. The minimum absolute atomic E-state index is 0.0794. The fourth-order valence-electron chi connectivity index (χ4n) is 4.50. The Balaban J connectivity index is 1.87. The minimum atomic E-state index is -0.771. The number of rotatable bonds is 0. The summed E-state index contributed by atoms with van der Waals surface area (Å²) in [4.78, 5) is 26.6. The molecule has 116 valence electrons. The third kappa shape index (κ3) is 1.48. The largest absolute Gasteiger partial charge is 0.453 e. The van der Waals surface area contributed by atoms with Crippen molar-refractivity contribution in [2.45, 2.75) is 42.9 Å². The Morgan fingerprint density at radius 3 is 2.95 bits per heavy atom. The van der Waals surface area contributed by atoms with Crippen molar-refractivity contribution < 1.29 is 19.4 Å². The van der Waals surface area contributed by atoms with E-state index < -0.39 is 17.6 Å². The molecule has 2 fully saturated rings. The summed E-state index contributed by atoms with van der Waals surface area (Å²) in [5.74, 6) is -0.0794. The van der Waals surface area contributed by atoms with Crippen LogP contribution in [-0.4, -0.2) is 47.3 Å². The monoisotopic (exact) mass is 302 g/mol. The van der Waals surface area contributed by atoms with Gasteiger partial charge in [0.1, 0.15) is 0 Å². The average molecular weight is 302 g/mol. The van der Waals surface area contributed by atoms with E-state index in [1.165, 1.54) is 7.11 Å². The zero-order valence-electron chi connectivity index (χ0n) is 12.3. The van der Waals surface area contributed by atoms with Crippen molar-refractivity contribution in [3.63, 3.8) is 0 Å². The van der Waals surface area contributed by atoms with E-state index in [1.54, 1.807) is 4.90 Å². The molecule has 2 saturated heterocycles. The number of para-hydroxylation sites is 1. The lowest BCUT2D eigenvalue weighted by Crippen LogP contribution is -2.54. The Morgan fingerprint density at radius 2 is 2.18 bits per heavy atom. The molecular formula is C16H18N2O4. The standard InChI is InChI=1S/C16H18N2O4/c1-22-15(21)18-11-8-16(13(18)7-6-12(11)19)9-4-2-3-5-10(9)17-14(16)20/h2-5,11-13,19H,6-8H2,1H3,(H,17,20)/t11-,12+,13-,16-/m1/s1. The summed E-state index contributed by atoms with van der Waals surface area (Å²) in [5.41, 5.74) is 0.960. The van der Waals surface area contributed by atoms with Gasteiger partial charge in [-0.3, -0.25) is 9.69 Å². The zero-order valence-corrected chi connectivity index (χ0v) is 12.3. The van der Waals surface area contributed by atoms with Crippen LogP contribution in [0.15, 0.2) is 24.3 Å². The van der Waals surface area contributed by atoms with E-state index in [0.29, 0.717) is 19.3 Å². The zero-order chi connectivity index (χ0) is 15.5. The van der Waals surface area contributed by atoms with Crippen LogP contribution in [-0.2, 0) is 14.9 Å². The van der Waals surface area contributed by atoms with Crippen molar-refractivity contribution in [1.82, 2.24) is 4.90 Å². The van der Waals surface area contributed by atoms with Crippen LogP contribution in [0.1, 0.15) is 24.8 Å². The van der Waals surface area contributed by atoms with Crippen LogP contribution in [0.25, 0.3) is 0 Å². The van der Waals surface area contributed by atoms with Crippen molar-refractivity contribution in [2.75, 3.05) is 12.4 Å². The first-order chi connectivity index (χ1) is 10.6. The number of nitrogens with zero attached hydrogens (tertiary/aromatic N) is 1.